The first-order chi connectivity index (χ1) is 12.3. The van der Waals surface area contributed by atoms with Crippen LogP contribution in [0.3, 0.4) is 0 Å². The fourth-order valence-corrected chi connectivity index (χ4v) is 3.46. The maximum atomic E-state index is 13.9. The number of carbonyl (C=O) groups excluding carboxylic acids is 2. The summed E-state index contributed by atoms with van der Waals surface area (Å²) in [6.45, 7) is 7.38. The van der Waals surface area contributed by atoms with E-state index in [0.717, 1.165) is 19.4 Å². The second-order valence-electron chi connectivity index (χ2n) is 6.97. The van der Waals surface area contributed by atoms with Gasteiger partial charge in [-0.15, -0.1) is 11.8 Å². The highest BCUT2D eigenvalue weighted by atomic mass is 32.2. The van der Waals surface area contributed by atoms with Crippen LogP contribution >= 0.6 is 11.8 Å². The molecule has 1 fully saturated rings. The summed E-state index contributed by atoms with van der Waals surface area (Å²) in [7, 11) is 0. The molecule has 7 heteroatoms. The highest BCUT2D eigenvalue weighted by Crippen LogP contribution is 2.21. The molecule has 1 atom stereocenters. The molecular weight excluding hydrogens is 353 g/mol. The van der Waals surface area contributed by atoms with Gasteiger partial charge in [0.1, 0.15) is 5.82 Å². The summed E-state index contributed by atoms with van der Waals surface area (Å²) in [6, 6.07) is 4.62. The molecule has 0 spiro atoms. The molecule has 0 aliphatic carbocycles. The molecule has 1 aliphatic heterocycles. The Hall–Kier alpha value is -1.60. The Bertz CT molecular complexity index is 639. The van der Waals surface area contributed by atoms with Crippen LogP contribution in [0, 0.1) is 5.82 Å². The van der Waals surface area contributed by atoms with Crippen LogP contribution in [0.2, 0.25) is 0 Å². The van der Waals surface area contributed by atoms with Crippen LogP contribution in [-0.2, 0) is 9.59 Å². The van der Waals surface area contributed by atoms with E-state index < -0.39 is 5.82 Å². The van der Waals surface area contributed by atoms with Crippen LogP contribution in [0.5, 0.6) is 0 Å². The van der Waals surface area contributed by atoms with Gasteiger partial charge in [0.05, 0.1) is 18.0 Å². The molecule has 2 rings (SSSR count). The van der Waals surface area contributed by atoms with E-state index in [1.807, 2.05) is 13.8 Å². The van der Waals surface area contributed by atoms with Crippen molar-refractivity contribution in [1.82, 2.24) is 4.90 Å². The van der Waals surface area contributed by atoms with Crippen LogP contribution < -0.4 is 10.6 Å². The summed E-state index contributed by atoms with van der Waals surface area (Å²) in [6.07, 6.45) is 3.42. The maximum absolute atomic E-state index is 13.9. The standard InChI is InChI=1S/C19H28FN3O2S/c1-13(2)26-12-19(25)22-17-10-15(7-8-16(17)20)21-18(24)11-23-9-5-4-6-14(23)3/h7-8,10,13-14H,4-6,9,11-12H2,1-3H3,(H,21,24)(H,22,25)/t14-/m1/s1. The first-order valence-corrected chi connectivity index (χ1v) is 10.1. The molecule has 1 heterocycles. The van der Waals surface area contributed by atoms with Crippen molar-refractivity contribution in [3.8, 4) is 0 Å². The summed E-state index contributed by atoms with van der Waals surface area (Å²) in [5, 5.41) is 5.70. The van der Waals surface area contributed by atoms with Crippen LogP contribution in [0.25, 0.3) is 0 Å². The summed E-state index contributed by atoms with van der Waals surface area (Å²) in [5.41, 5.74) is 0.566. The molecule has 0 unspecified atom stereocenters. The number of carbonyl (C=O) groups is 2. The Kier molecular flexibility index (Phi) is 7.90. The predicted octanol–water partition coefficient (Wildman–Crippen LogP) is 3.72. The summed E-state index contributed by atoms with van der Waals surface area (Å²) >= 11 is 1.49. The topological polar surface area (TPSA) is 61.4 Å². The van der Waals surface area contributed by atoms with Crippen molar-refractivity contribution in [3.05, 3.63) is 24.0 Å². The molecule has 1 aromatic carbocycles. The normalized spacial score (nSPS) is 18.0. The number of nitrogens with zero attached hydrogens (tertiary/aromatic N) is 1. The molecule has 1 saturated heterocycles. The number of rotatable bonds is 7. The third-order valence-corrected chi connectivity index (χ3v) is 5.45. The summed E-state index contributed by atoms with van der Waals surface area (Å²) in [4.78, 5) is 26.4. The van der Waals surface area contributed by atoms with E-state index in [9.17, 15) is 14.0 Å². The first-order valence-electron chi connectivity index (χ1n) is 9.10. The minimum absolute atomic E-state index is 0.0866. The average Bonchev–Trinajstić information content (AvgIpc) is 2.58. The fourth-order valence-electron chi connectivity index (χ4n) is 2.90. The largest absolute Gasteiger partial charge is 0.325 e. The zero-order chi connectivity index (χ0) is 19.1. The molecule has 144 valence electrons. The summed E-state index contributed by atoms with van der Waals surface area (Å²) in [5.74, 6) is -0.637. The van der Waals surface area contributed by atoms with E-state index in [2.05, 4.69) is 22.5 Å². The van der Waals surface area contributed by atoms with Crippen molar-refractivity contribution in [2.24, 2.45) is 0 Å². The quantitative estimate of drug-likeness (QED) is 0.756. The number of amides is 2. The zero-order valence-electron chi connectivity index (χ0n) is 15.7. The minimum Gasteiger partial charge on any atom is -0.325 e. The SMILES string of the molecule is CC(C)SCC(=O)Nc1cc(NC(=O)CN2CCCC[C@H]2C)ccc1F. The van der Waals surface area contributed by atoms with Gasteiger partial charge in [0, 0.05) is 11.7 Å². The highest BCUT2D eigenvalue weighted by Gasteiger charge is 2.20. The Morgan fingerprint density at radius 2 is 2.04 bits per heavy atom. The lowest BCUT2D eigenvalue weighted by atomic mass is 10.0. The molecular formula is C19H28FN3O2S. The fraction of sp³-hybridized carbons (Fsp3) is 0.579. The van der Waals surface area contributed by atoms with Crippen molar-refractivity contribution in [3.63, 3.8) is 0 Å². The minimum atomic E-state index is -0.518. The monoisotopic (exact) mass is 381 g/mol. The van der Waals surface area contributed by atoms with Gasteiger partial charge >= 0.3 is 0 Å². The van der Waals surface area contributed by atoms with E-state index in [-0.39, 0.29) is 23.3 Å². The second kappa shape index (κ2) is 9.92. The Morgan fingerprint density at radius 1 is 1.27 bits per heavy atom. The maximum Gasteiger partial charge on any atom is 0.238 e. The van der Waals surface area contributed by atoms with E-state index in [4.69, 9.17) is 0 Å². The van der Waals surface area contributed by atoms with Gasteiger partial charge in [0.15, 0.2) is 0 Å². The lowest BCUT2D eigenvalue weighted by molar-refractivity contribution is -0.118. The number of thioether (sulfide) groups is 1. The van der Waals surface area contributed by atoms with Gasteiger partial charge in [-0.2, -0.15) is 0 Å². The molecule has 26 heavy (non-hydrogen) atoms. The molecule has 0 radical (unpaired) electrons. The molecule has 1 aliphatic rings. The predicted molar refractivity (Wildman–Crippen MR) is 106 cm³/mol. The number of anilines is 2. The average molecular weight is 382 g/mol. The van der Waals surface area contributed by atoms with Gasteiger partial charge in [0.2, 0.25) is 11.8 Å². The van der Waals surface area contributed by atoms with Crippen molar-refractivity contribution < 1.29 is 14.0 Å². The summed E-state index contributed by atoms with van der Waals surface area (Å²) < 4.78 is 13.9. The van der Waals surface area contributed by atoms with E-state index in [1.165, 1.54) is 36.4 Å². The van der Waals surface area contributed by atoms with Gasteiger partial charge in [-0.25, -0.2) is 4.39 Å². The van der Waals surface area contributed by atoms with Crippen molar-refractivity contribution in [2.45, 2.75) is 51.3 Å². The van der Waals surface area contributed by atoms with Gasteiger partial charge < -0.3 is 10.6 Å². The molecule has 2 amide bonds. The number of likely N-dealkylation sites (tertiary alicyclic amines) is 1. The van der Waals surface area contributed by atoms with E-state index in [1.54, 1.807) is 0 Å². The van der Waals surface area contributed by atoms with Gasteiger partial charge in [-0.1, -0.05) is 20.3 Å². The number of hydrogen-bond donors (Lipinski definition) is 2. The Balaban J connectivity index is 1.93. The Morgan fingerprint density at radius 3 is 2.73 bits per heavy atom. The second-order valence-corrected chi connectivity index (χ2v) is 8.53. The molecule has 0 bridgehead atoms. The number of piperidine rings is 1. The lowest BCUT2D eigenvalue weighted by Gasteiger charge is -2.32. The highest BCUT2D eigenvalue weighted by molar-refractivity contribution is 8.00. The number of benzene rings is 1. The van der Waals surface area contributed by atoms with Crippen molar-refractivity contribution in [2.75, 3.05) is 29.5 Å². The molecule has 0 aromatic heterocycles. The van der Waals surface area contributed by atoms with Crippen LogP contribution in [0.1, 0.15) is 40.0 Å². The van der Waals surface area contributed by atoms with E-state index in [0.29, 0.717) is 23.5 Å². The van der Waals surface area contributed by atoms with Crippen LogP contribution in [-0.4, -0.2) is 46.8 Å². The van der Waals surface area contributed by atoms with Crippen LogP contribution in [0.15, 0.2) is 18.2 Å². The Labute approximate surface area is 159 Å². The van der Waals surface area contributed by atoms with Crippen LogP contribution in [0.4, 0.5) is 15.8 Å². The van der Waals surface area contributed by atoms with Crippen molar-refractivity contribution >= 4 is 35.0 Å². The molecule has 2 N–H and O–H groups in total. The van der Waals surface area contributed by atoms with Crippen molar-refractivity contribution in [1.29, 1.82) is 0 Å². The lowest BCUT2D eigenvalue weighted by Crippen LogP contribution is -2.42. The van der Waals surface area contributed by atoms with Gasteiger partial charge in [0.25, 0.3) is 0 Å². The molecule has 0 saturated carbocycles. The van der Waals surface area contributed by atoms with Gasteiger partial charge in [-0.3, -0.25) is 14.5 Å². The number of nitrogens with one attached hydrogen (secondary N) is 2. The number of halogens is 1. The smallest absolute Gasteiger partial charge is 0.238 e. The molecule has 1 aromatic rings. The van der Waals surface area contributed by atoms with Gasteiger partial charge in [-0.05, 0) is 49.8 Å². The first kappa shape index (κ1) is 20.7. The zero-order valence-corrected chi connectivity index (χ0v) is 16.5. The third kappa shape index (κ3) is 6.61. The molecule has 5 nitrogen and oxygen atoms in total. The third-order valence-electron chi connectivity index (χ3n) is 4.36. The van der Waals surface area contributed by atoms with E-state index >= 15 is 0 Å². The number of hydrogen-bond acceptors (Lipinski definition) is 4.